The van der Waals surface area contributed by atoms with Gasteiger partial charge in [0.25, 0.3) is 5.91 Å². The Bertz CT molecular complexity index is 1000. The Morgan fingerprint density at radius 1 is 1.11 bits per heavy atom. The number of benzene rings is 1. The minimum absolute atomic E-state index is 0. The van der Waals surface area contributed by atoms with Gasteiger partial charge in [-0.25, -0.2) is 0 Å². The molecule has 2 saturated heterocycles. The van der Waals surface area contributed by atoms with Gasteiger partial charge in [-0.1, -0.05) is 53.4 Å². The highest BCUT2D eigenvalue weighted by Crippen LogP contribution is 2.50. The van der Waals surface area contributed by atoms with Crippen molar-refractivity contribution < 1.29 is 21.3 Å². The maximum Gasteiger partial charge on any atom is 0.273 e. The van der Waals surface area contributed by atoms with Crippen LogP contribution in [0.25, 0.3) is 0 Å². The van der Waals surface area contributed by atoms with E-state index in [2.05, 4.69) is 27.9 Å². The van der Waals surface area contributed by atoms with Crippen molar-refractivity contribution in [2.75, 3.05) is 26.2 Å². The van der Waals surface area contributed by atoms with Crippen LogP contribution < -0.4 is 10.6 Å². The Morgan fingerprint density at radius 3 is 2.51 bits per heavy atom. The lowest BCUT2D eigenvalue weighted by Gasteiger charge is -2.54. The van der Waals surface area contributed by atoms with Crippen molar-refractivity contribution in [2.45, 2.75) is 63.6 Å². The smallest absolute Gasteiger partial charge is 0.273 e. The average Bonchev–Trinajstić information content (AvgIpc) is 3.60. The number of nitrogens with zero attached hydrogens (tertiary/aromatic N) is 3. The molecule has 2 aromatic rings. The molecule has 1 aromatic carbocycles. The molecule has 2 atom stereocenters. The van der Waals surface area contributed by atoms with Gasteiger partial charge < -0.3 is 15.2 Å². The fourth-order valence-corrected chi connectivity index (χ4v) is 6.88. The maximum atomic E-state index is 12.7. The predicted octanol–water partition coefficient (Wildman–Crippen LogP) is 4.32. The molecule has 0 spiro atoms. The van der Waals surface area contributed by atoms with E-state index in [9.17, 15) is 13.9 Å². The topological polar surface area (TPSA) is 114 Å². The molecule has 3 fully saturated rings. The summed E-state index contributed by atoms with van der Waals surface area (Å²) in [7, 11) is -3.01. The molecule has 4 N–H and O–H groups in total. The second-order valence-electron chi connectivity index (χ2n) is 10.2. The quantitative estimate of drug-likeness (QED) is 0.418. The highest BCUT2D eigenvalue weighted by molar-refractivity contribution is 8.20. The first-order chi connectivity index (χ1) is 16.9. The number of amides is 1. The van der Waals surface area contributed by atoms with E-state index in [1.54, 1.807) is 10.4 Å². The second kappa shape index (κ2) is 10.6. The number of hydrogen-bond donors (Lipinski definition) is 4. The molecule has 1 aromatic heterocycles. The number of piperidine rings is 2. The molecule has 5 rings (SSSR count). The highest BCUT2D eigenvalue weighted by atomic mass is 32.3. The van der Waals surface area contributed by atoms with Gasteiger partial charge in [0, 0.05) is 59.6 Å². The van der Waals surface area contributed by atoms with Crippen molar-refractivity contribution in [1.82, 2.24) is 24.4 Å². The fourth-order valence-electron chi connectivity index (χ4n) is 5.07. The minimum Gasteiger partial charge on any atom is -0.360 e. The van der Waals surface area contributed by atoms with E-state index in [-0.39, 0.29) is 20.7 Å². The van der Waals surface area contributed by atoms with Crippen LogP contribution in [0.2, 0.25) is 0 Å². The van der Waals surface area contributed by atoms with E-state index in [4.69, 9.17) is 4.52 Å². The van der Waals surface area contributed by atoms with Crippen molar-refractivity contribution in [3.8, 4) is 0 Å². The predicted molar refractivity (Wildman–Crippen MR) is 140 cm³/mol. The van der Waals surface area contributed by atoms with Crippen LogP contribution in [0.1, 0.15) is 69.6 Å². The second-order valence-corrected chi connectivity index (χ2v) is 12.2. The zero-order valence-electron chi connectivity index (χ0n) is 20.3. The van der Waals surface area contributed by atoms with Crippen LogP contribution in [0.15, 0.2) is 40.9 Å². The molecular formula is C25H41N5O4S. The molecule has 0 radical (unpaired) electrons. The molecule has 196 valence electrons. The third kappa shape index (κ3) is 5.90. The highest BCUT2D eigenvalue weighted by Gasteiger charge is 2.38. The number of nitrogens with one attached hydrogen (secondary N) is 2. The molecule has 3 heterocycles. The molecule has 10 heteroatoms. The number of rotatable bonds is 8. The molecule has 1 saturated carbocycles. The van der Waals surface area contributed by atoms with Gasteiger partial charge in [0.1, 0.15) is 5.76 Å². The Morgan fingerprint density at radius 2 is 1.83 bits per heavy atom. The summed E-state index contributed by atoms with van der Waals surface area (Å²) in [6.45, 7) is 5.21. The molecule has 0 bridgehead atoms. The third-order valence-corrected chi connectivity index (χ3v) is 9.59. The Kier molecular flexibility index (Phi) is 7.47. The lowest BCUT2D eigenvalue weighted by Crippen LogP contribution is -2.54. The molecule has 35 heavy (non-hydrogen) atoms. The van der Waals surface area contributed by atoms with Gasteiger partial charge in [0.15, 0.2) is 5.69 Å². The van der Waals surface area contributed by atoms with Gasteiger partial charge in [0.05, 0.1) is 0 Å². The molecule has 1 amide bonds. The van der Waals surface area contributed by atoms with Gasteiger partial charge in [0.2, 0.25) is 0 Å². The van der Waals surface area contributed by atoms with Crippen LogP contribution >= 0.6 is 11.0 Å². The number of carbonyl (C=O) groups is 1. The number of carbonyl (C=O) groups excluding carboxylic acids is 1. The van der Waals surface area contributed by atoms with Gasteiger partial charge in [-0.3, -0.25) is 13.9 Å². The molecular weight excluding hydrogens is 466 g/mol. The summed E-state index contributed by atoms with van der Waals surface area (Å²) in [6.07, 6.45) is 4.61. The average molecular weight is 508 g/mol. The van der Waals surface area contributed by atoms with Crippen LogP contribution in [0.5, 0.6) is 0 Å². The molecule has 1 aliphatic carbocycles. The van der Waals surface area contributed by atoms with Crippen molar-refractivity contribution in [3.05, 3.63) is 53.4 Å². The first-order valence-electron chi connectivity index (χ1n) is 12.7. The summed E-state index contributed by atoms with van der Waals surface area (Å²) >= 11 is 0. The number of aromatic nitrogens is 1. The van der Waals surface area contributed by atoms with Crippen LogP contribution in [0, 0.1) is 5.92 Å². The fraction of sp³-hybridized carbons (Fsp3) is 0.600. The van der Waals surface area contributed by atoms with Crippen molar-refractivity contribution in [2.24, 2.45) is 5.92 Å². The minimum atomic E-state index is -3.01. The number of hydrogen-bond acceptors (Lipinski definition) is 8. The van der Waals surface area contributed by atoms with E-state index < -0.39 is 11.0 Å². The lowest BCUT2D eigenvalue weighted by molar-refractivity contribution is 0.0885. The van der Waals surface area contributed by atoms with Crippen molar-refractivity contribution in [1.29, 1.82) is 0 Å². The summed E-state index contributed by atoms with van der Waals surface area (Å²) in [5.74, 6) is 1.08. The van der Waals surface area contributed by atoms with Crippen LogP contribution in [0.3, 0.4) is 0 Å². The first kappa shape index (κ1) is 24.7. The summed E-state index contributed by atoms with van der Waals surface area (Å²) < 4.78 is 31.2. The summed E-state index contributed by atoms with van der Waals surface area (Å²) in [4.78, 5) is 12.7. The van der Waals surface area contributed by atoms with E-state index in [0.29, 0.717) is 50.3 Å². The van der Waals surface area contributed by atoms with Gasteiger partial charge in [-0.15, -0.1) is 0 Å². The monoisotopic (exact) mass is 507 g/mol. The first-order valence-corrected chi connectivity index (χ1v) is 14.2. The summed E-state index contributed by atoms with van der Waals surface area (Å²) in [5.41, 5.74) is 1.59. The van der Waals surface area contributed by atoms with E-state index >= 15 is 0 Å². The van der Waals surface area contributed by atoms with Crippen LogP contribution in [-0.4, -0.2) is 67.0 Å². The molecule has 2 aliphatic heterocycles. The van der Waals surface area contributed by atoms with Crippen LogP contribution in [0.4, 0.5) is 0 Å². The largest absolute Gasteiger partial charge is 0.360 e. The van der Waals surface area contributed by atoms with Crippen LogP contribution in [-0.2, 0) is 6.54 Å². The normalized spacial score (nSPS) is 25.5. The lowest BCUT2D eigenvalue weighted by atomic mass is 9.95. The van der Waals surface area contributed by atoms with E-state index in [0.717, 1.165) is 38.0 Å². The van der Waals surface area contributed by atoms with Gasteiger partial charge in [-0.2, -0.15) is 8.61 Å². The Hall–Kier alpha value is -1.95. The zero-order valence-corrected chi connectivity index (χ0v) is 21.1. The SMILES string of the molecule is C[C@H]1CN(S(O)(O)N2CCC(NCc3ccccc3)CC2)CC[C@H]1NC(=O)c1cc(C2CC2)on1.[HH].[HH]. The summed E-state index contributed by atoms with van der Waals surface area (Å²) in [6, 6.07) is 12.4. The zero-order chi connectivity index (χ0) is 24.4. The molecule has 3 aliphatic rings. The van der Waals surface area contributed by atoms with Crippen molar-refractivity contribution >= 4 is 16.9 Å². The third-order valence-electron chi connectivity index (χ3n) is 7.51. The molecule has 9 nitrogen and oxygen atoms in total. The summed E-state index contributed by atoms with van der Waals surface area (Å²) in [5, 5.41) is 10.6. The van der Waals surface area contributed by atoms with E-state index in [1.165, 1.54) is 5.56 Å². The van der Waals surface area contributed by atoms with E-state index in [1.807, 2.05) is 29.4 Å². The van der Waals surface area contributed by atoms with Crippen molar-refractivity contribution in [3.63, 3.8) is 0 Å². The Balaban J connectivity index is 0.00000190. The standard InChI is InChI=1S/C25H37N5O4S.2H2/c1-18-17-30(14-11-22(18)27-25(31)23-15-24(34-28-23)20-7-8-20)35(32,33)29-12-9-21(10-13-29)26-16-19-5-3-2-4-6-19;;/h2-6,15,18,20-22,26,32-33H,7-14,16-17H2,1H3,(H,27,31);2*1H/t18-,22+;;/m0../s1. The van der Waals surface area contributed by atoms with Gasteiger partial charge in [-0.05, 0) is 43.6 Å². The molecule has 0 unspecified atom stereocenters. The van der Waals surface area contributed by atoms with Gasteiger partial charge >= 0.3 is 0 Å². The maximum absolute atomic E-state index is 12.7. The Labute approximate surface area is 211 Å².